The molecule has 3 heteroatoms. The van der Waals surface area contributed by atoms with Crippen molar-refractivity contribution in [2.75, 3.05) is 33.4 Å². The fraction of sp³-hybridized carbons (Fsp3) is 1.00. The molecule has 0 atom stereocenters. The topological polar surface area (TPSA) is 47.3 Å². The van der Waals surface area contributed by atoms with E-state index in [4.69, 9.17) is 10.5 Å². The lowest BCUT2D eigenvalue weighted by Crippen LogP contribution is -2.14. The highest BCUT2D eigenvalue weighted by molar-refractivity contribution is 4.40. The van der Waals surface area contributed by atoms with Gasteiger partial charge in [0.05, 0.1) is 6.61 Å². The predicted octanol–water partition coefficient (Wildman–Crippen LogP) is 1.48. The van der Waals surface area contributed by atoms with E-state index >= 15 is 0 Å². The SMILES string of the molecule is CC.CNCCOCCCCN.[HH].[HH]. The summed E-state index contributed by atoms with van der Waals surface area (Å²) in [4.78, 5) is 0. The van der Waals surface area contributed by atoms with Crippen molar-refractivity contribution in [3.63, 3.8) is 0 Å². The summed E-state index contributed by atoms with van der Waals surface area (Å²) in [5.74, 6) is 0. The summed E-state index contributed by atoms with van der Waals surface area (Å²) in [6, 6.07) is 0. The summed E-state index contributed by atoms with van der Waals surface area (Å²) in [5, 5.41) is 3.01. The second-order valence-electron chi connectivity index (χ2n) is 2.21. The van der Waals surface area contributed by atoms with E-state index in [1.807, 2.05) is 20.9 Å². The van der Waals surface area contributed by atoms with Gasteiger partial charge in [-0.05, 0) is 26.4 Å². The van der Waals surface area contributed by atoms with Crippen LogP contribution in [-0.4, -0.2) is 33.4 Å². The van der Waals surface area contributed by atoms with Crippen molar-refractivity contribution in [2.24, 2.45) is 5.73 Å². The van der Waals surface area contributed by atoms with E-state index < -0.39 is 0 Å². The molecule has 0 radical (unpaired) electrons. The van der Waals surface area contributed by atoms with Crippen molar-refractivity contribution in [3.05, 3.63) is 0 Å². The first-order valence-corrected chi connectivity index (χ1v) is 4.84. The third-order valence-corrected chi connectivity index (χ3v) is 1.24. The van der Waals surface area contributed by atoms with Crippen LogP contribution in [0.5, 0.6) is 0 Å². The molecule has 0 aromatic rings. The molecule has 0 aliphatic carbocycles. The molecule has 0 aromatic heterocycles. The number of nitrogens with one attached hydrogen (secondary N) is 1. The van der Waals surface area contributed by atoms with E-state index in [0.29, 0.717) is 0 Å². The molecule has 0 fully saturated rings. The van der Waals surface area contributed by atoms with Crippen LogP contribution in [0.1, 0.15) is 29.5 Å². The molecule has 80 valence electrons. The van der Waals surface area contributed by atoms with Crippen LogP contribution in [0.25, 0.3) is 0 Å². The van der Waals surface area contributed by atoms with E-state index in [2.05, 4.69) is 5.32 Å². The van der Waals surface area contributed by atoms with Gasteiger partial charge in [-0.2, -0.15) is 0 Å². The Bertz CT molecular complexity index is 60.8. The monoisotopic (exact) mass is 180 g/mol. The van der Waals surface area contributed by atoms with Gasteiger partial charge in [-0.3, -0.25) is 0 Å². The van der Waals surface area contributed by atoms with Crippen molar-refractivity contribution >= 4 is 0 Å². The highest BCUT2D eigenvalue weighted by atomic mass is 16.5. The van der Waals surface area contributed by atoms with Gasteiger partial charge in [0.2, 0.25) is 0 Å². The van der Waals surface area contributed by atoms with Crippen molar-refractivity contribution in [1.29, 1.82) is 0 Å². The maximum absolute atomic E-state index is 5.30. The molecule has 3 nitrogen and oxygen atoms in total. The Morgan fingerprint density at radius 3 is 2.42 bits per heavy atom. The highest BCUT2D eigenvalue weighted by Gasteiger charge is 1.86. The standard InChI is InChI=1S/C7H18N2O.C2H6.2H2/c1-9-5-7-10-6-3-2-4-8;1-2;;/h9H,2-8H2,1H3;1-2H3;2*1H. The molecule has 0 aliphatic heterocycles. The zero-order valence-electron chi connectivity index (χ0n) is 8.73. The Balaban J connectivity index is -0.000000117. The second-order valence-corrected chi connectivity index (χ2v) is 2.21. The first-order chi connectivity index (χ1) is 5.91. The third kappa shape index (κ3) is 16.5. The van der Waals surface area contributed by atoms with Crippen LogP contribution in [0.2, 0.25) is 0 Å². The molecule has 12 heavy (non-hydrogen) atoms. The molecule has 0 aliphatic rings. The second kappa shape index (κ2) is 17.1. The highest BCUT2D eigenvalue weighted by Crippen LogP contribution is 1.85. The number of unbranched alkanes of at least 4 members (excludes halogenated alkanes) is 1. The smallest absolute Gasteiger partial charge is 0.0590 e. The van der Waals surface area contributed by atoms with Gasteiger partial charge >= 0.3 is 0 Å². The lowest BCUT2D eigenvalue weighted by atomic mass is 10.3. The Kier molecular flexibility index (Phi) is 20.5. The summed E-state index contributed by atoms with van der Waals surface area (Å²) in [6.45, 7) is 7.36. The minimum absolute atomic E-state index is 0. The number of rotatable bonds is 7. The number of ether oxygens (including phenoxy) is 1. The van der Waals surface area contributed by atoms with Gasteiger partial charge in [0.1, 0.15) is 0 Å². The quantitative estimate of drug-likeness (QED) is 0.583. The van der Waals surface area contributed by atoms with Crippen LogP contribution < -0.4 is 11.1 Å². The molecule has 0 bridgehead atoms. The number of nitrogens with two attached hydrogens (primary N) is 1. The van der Waals surface area contributed by atoms with Gasteiger partial charge in [0, 0.05) is 16.0 Å². The van der Waals surface area contributed by atoms with Crippen molar-refractivity contribution < 1.29 is 7.59 Å². The number of hydrogen-bond donors (Lipinski definition) is 2. The molecule has 0 saturated heterocycles. The number of hydrogen-bond acceptors (Lipinski definition) is 3. The summed E-state index contributed by atoms with van der Waals surface area (Å²) in [7, 11) is 1.92. The van der Waals surface area contributed by atoms with Gasteiger partial charge in [-0.25, -0.2) is 0 Å². The van der Waals surface area contributed by atoms with Crippen LogP contribution in [0, 0.1) is 0 Å². The van der Waals surface area contributed by atoms with Crippen LogP contribution >= 0.6 is 0 Å². The average Bonchev–Trinajstić information content (AvgIpc) is 2.15. The molecular weight excluding hydrogens is 152 g/mol. The maximum Gasteiger partial charge on any atom is 0.0590 e. The first kappa shape index (κ1) is 14.4. The largest absolute Gasteiger partial charge is 0.380 e. The molecule has 0 rings (SSSR count). The third-order valence-electron chi connectivity index (χ3n) is 1.24. The lowest BCUT2D eigenvalue weighted by molar-refractivity contribution is 0.134. The van der Waals surface area contributed by atoms with Gasteiger partial charge < -0.3 is 15.8 Å². The normalized spacial score (nSPS) is 9.00. The Morgan fingerprint density at radius 1 is 1.25 bits per heavy atom. The van der Waals surface area contributed by atoms with Gasteiger partial charge in [-0.1, -0.05) is 13.8 Å². The summed E-state index contributed by atoms with van der Waals surface area (Å²) in [5.41, 5.74) is 5.30. The Hall–Kier alpha value is -0.120. The molecular formula is C9H28N2O. The molecule has 0 heterocycles. The summed E-state index contributed by atoms with van der Waals surface area (Å²) >= 11 is 0. The van der Waals surface area contributed by atoms with E-state index in [1.165, 1.54) is 0 Å². The minimum Gasteiger partial charge on any atom is -0.380 e. The summed E-state index contributed by atoms with van der Waals surface area (Å²) in [6.07, 6.45) is 2.15. The zero-order valence-corrected chi connectivity index (χ0v) is 8.73. The van der Waals surface area contributed by atoms with Crippen LogP contribution in [-0.2, 0) is 4.74 Å². The van der Waals surface area contributed by atoms with Gasteiger partial charge in [0.15, 0.2) is 0 Å². The maximum atomic E-state index is 5.30. The molecule has 0 amide bonds. The Labute approximate surface area is 79.6 Å². The fourth-order valence-electron chi connectivity index (χ4n) is 0.625. The lowest BCUT2D eigenvalue weighted by Gasteiger charge is -2.01. The van der Waals surface area contributed by atoms with Gasteiger partial charge in [0.25, 0.3) is 0 Å². The van der Waals surface area contributed by atoms with Crippen molar-refractivity contribution in [3.8, 4) is 0 Å². The zero-order chi connectivity index (χ0) is 9.66. The van der Waals surface area contributed by atoms with Gasteiger partial charge in [-0.15, -0.1) is 0 Å². The molecule has 0 spiro atoms. The predicted molar refractivity (Wildman–Crippen MR) is 58.6 cm³/mol. The fourth-order valence-corrected chi connectivity index (χ4v) is 0.625. The van der Waals surface area contributed by atoms with E-state index in [-0.39, 0.29) is 2.85 Å². The minimum atomic E-state index is 0. The Morgan fingerprint density at radius 2 is 1.92 bits per heavy atom. The molecule has 0 unspecified atom stereocenters. The van der Waals surface area contributed by atoms with Crippen LogP contribution in [0.3, 0.4) is 0 Å². The molecule has 0 aromatic carbocycles. The van der Waals surface area contributed by atoms with Crippen molar-refractivity contribution in [1.82, 2.24) is 5.32 Å². The van der Waals surface area contributed by atoms with Crippen molar-refractivity contribution in [2.45, 2.75) is 26.7 Å². The van der Waals surface area contributed by atoms with Crippen LogP contribution in [0.15, 0.2) is 0 Å². The average molecular weight is 180 g/mol. The number of likely N-dealkylation sites (N-methyl/N-ethyl adjacent to an activating group) is 1. The summed E-state index contributed by atoms with van der Waals surface area (Å²) < 4.78 is 5.26. The van der Waals surface area contributed by atoms with Crippen LogP contribution in [0.4, 0.5) is 0 Å². The van der Waals surface area contributed by atoms with E-state index in [1.54, 1.807) is 0 Å². The first-order valence-electron chi connectivity index (χ1n) is 4.84. The molecule has 3 N–H and O–H groups in total. The van der Waals surface area contributed by atoms with E-state index in [9.17, 15) is 0 Å². The van der Waals surface area contributed by atoms with E-state index in [0.717, 1.165) is 39.1 Å². The molecule has 0 saturated carbocycles.